The van der Waals surface area contributed by atoms with E-state index in [1.54, 1.807) is 13.8 Å². The van der Waals surface area contributed by atoms with E-state index in [0.29, 0.717) is 0 Å². The van der Waals surface area contributed by atoms with Crippen LogP contribution in [0.2, 0.25) is 0 Å². The third-order valence-corrected chi connectivity index (χ3v) is 1.61. The molecule has 1 unspecified atom stereocenters. The number of aliphatic hydroxyl groups is 1. The van der Waals surface area contributed by atoms with Crippen LogP contribution in [0.15, 0.2) is 0 Å². The molecule has 0 aliphatic carbocycles. The van der Waals surface area contributed by atoms with Gasteiger partial charge in [0.2, 0.25) is 5.91 Å². The van der Waals surface area contributed by atoms with E-state index in [2.05, 4.69) is 5.32 Å². The van der Waals surface area contributed by atoms with Gasteiger partial charge in [-0.3, -0.25) is 4.79 Å². The van der Waals surface area contributed by atoms with Gasteiger partial charge in [0.1, 0.15) is 12.1 Å². The van der Waals surface area contributed by atoms with E-state index < -0.39 is 24.0 Å². The topological polar surface area (TPSA) is 86.6 Å². The quantitative estimate of drug-likeness (QED) is 0.561. The second-order valence-electron chi connectivity index (χ2n) is 3.24. The first-order valence-electron chi connectivity index (χ1n) is 4.07. The molecule has 2 atom stereocenters. The molecule has 1 amide bonds. The molecule has 0 saturated carbocycles. The number of carbonyl (C=O) groups excluding carboxylic acids is 1. The zero-order valence-corrected chi connectivity index (χ0v) is 7.94. The predicted octanol–water partition coefficient (Wildman–Crippen LogP) is -0.407. The monoisotopic (exact) mass is 189 g/mol. The van der Waals surface area contributed by atoms with Gasteiger partial charge in [-0.2, -0.15) is 0 Å². The van der Waals surface area contributed by atoms with Crippen LogP contribution in [0, 0.1) is 5.92 Å². The molecule has 0 spiro atoms. The number of nitrogens with one attached hydrogen (secondary N) is 1. The Morgan fingerprint density at radius 1 is 1.23 bits per heavy atom. The van der Waals surface area contributed by atoms with Crippen molar-refractivity contribution in [3.8, 4) is 0 Å². The Morgan fingerprint density at radius 2 is 1.69 bits per heavy atom. The minimum atomic E-state index is -1.18. The number of carboxylic acid groups (broad SMARTS) is 1. The smallest absolute Gasteiger partial charge is 0.326 e. The number of rotatable bonds is 4. The summed E-state index contributed by atoms with van der Waals surface area (Å²) in [5.74, 6) is -1.97. The summed E-state index contributed by atoms with van der Waals surface area (Å²) in [4.78, 5) is 21.5. The van der Waals surface area contributed by atoms with Crippen LogP contribution in [-0.4, -0.2) is 34.2 Å². The van der Waals surface area contributed by atoms with E-state index in [4.69, 9.17) is 10.2 Å². The van der Waals surface area contributed by atoms with Crippen LogP contribution < -0.4 is 5.32 Å². The highest BCUT2D eigenvalue weighted by atomic mass is 16.4. The zero-order chi connectivity index (χ0) is 10.6. The van der Waals surface area contributed by atoms with Crippen molar-refractivity contribution in [1.29, 1.82) is 0 Å². The molecule has 0 rings (SSSR count). The van der Waals surface area contributed by atoms with Crippen molar-refractivity contribution >= 4 is 11.9 Å². The highest BCUT2D eigenvalue weighted by Crippen LogP contribution is 2.01. The van der Waals surface area contributed by atoms with Crippen LogP contribution >= 0.6 is 0 Å². The molecule has 0 heterocycles. The Labute approximate surface area is 76.8 Å². The molecular formula is C8H15NO4. The van der Waals surface area contributed by atoms with Crippen LogP contribution in [0.4, 0.5) is 0 Å². The number of aliphatic hydroxyl groups excluding tert-OH is 1. The molecule has 0 radical (unpaired) electrons. The average molecular weight is 189 g/mol. The minimum absolute atomic E-state index is 0.208. The average Bonchev–Trinajstić information content (AvgIpc) is 1.97. The van der Waals surface area contributed by atoms with E-state index in [0.717, 1.165) is 0 Å². The van der Waals surface area contributed by atoms with Gasteiger partial charge in [0.05, 0.1) is 0 Å². The van der Waals surface area contributed by atoms with E-state index >= 15 is 0 Å². The molecule has 0 fully saturated rings. The Kier molecular flexibility index (Phi) is 4.40. The summed E-state index contributed by atoms with van der Waals surface area (Å²) >= 11 is 0. The third kappa shape index (κ3) is 3.89. The largest absolute Gasteiger partial charge is 0.480 e. The second-order valence-corrected chi connectivity index (χ2v) is 3.24. The Hall–Kier alpha value is -1.10. The molecule has 13 heavy (non-hydrogen) atoms. The van der Waals surface area contributed by atoms with Gasteiger partial charge in [-0.25, -0.2) is 4.79 Å². The molecule has 0 aromatic heterocycles. The first-order chi connectivity index (χ1) is 5.86. The first-order valence-corrected chi connectivity index (χ1v) is 4.07. The summed E-state index contributed by atoms with van der Waals surface area (Å²) in [7, 11) is 0. The molecule has 5 nitrogen and oxygen atoms in total. The number of aliphatic carboxylic acids is 1. The fourth-order valence-electron chi connectivity index (χ4n) is 0.787. The van der Waals surface area contributed by atoms with Crippen molar-refractivity contribution in [2.45, 2.75) is 32.9 Å². The maximum absolute atomic E-state index is 10.9. The molecule has 0 aromatic rings. The van der Waals surface area contributed by atoms with Gasteiger partial charge in [-0.05, 0) is 12.8 Å². The lowest BCUT2D eigenvalue weighted by Crippen LogP contribution is -2.47. The molecule has 5 heteroatoms. The normalized spacial score (nSPS) is 15.2. The molecule has 0 aromatic carbocycles. The number of hydrogen-bond acceptors (Lipinski definition) is 3. The van der Waals surface area contributed by atoms with Crippen molar-refractivity contribution in [3.05, 3.63) is 0 Å². The first kappa shape index (κ1) is 11.9. The molecule has 3 N–H and O–H groups in total. The lowest BCUT2D eigenvalue weighted by molar-refractivity contribution is -0.144. The fraction of sp³-hybridized carbons (Fsp3) is 0.750. The molecular weight excluding hydrogens is 174 g/mol. The summed E-state index contributed by atoms with van der Waals surface area (Å²) in [6.07, 6.45) is -1.18. The van der Waals surface area contributed by atoms with E-state index in [-0.39, 0.29) is 5.92 Å². The van der Waals surface area contributed by atoms with Crippen molar-refractivity contribution in [2.24, 2.45) is 5.92 Å². The standard InChI is InChI=1S/C8H15NO4/c1-4(2)6(8(12)13)9-7(11)5(3)10/h4-6,10H,1-3H3,(H,9,11)(H,12,13)/t5?,6-/m0/s1. The minimum Gasteiger partial charge on any atom is -0.480 e. The van der Waals surface area contributed by atoms with Gasteiger partial charge in [0.15, 0.2) is 0 Å². The Morgan fingerprint density at radius 3 is 1.92 bits per heavy atom. The summed E-state index contributed by atoms with van der Waals surface area (Å²) in [5, 5.41) is 19.7. The number of amides is 1. The summed E-state index contributed by atoms with van der Waals surface area (Å²) < 4.78 is 0. The number of carboxylic acids is 1. The van der Waals surface area contributed by atoms with Gasteiger partial charge in [0.25, 0.3) is 0 Å². The molecule has 0 saturated heterocycles. The highest BCUT2D eigenvalue weighted by molar-refractivity contribution is 5.85. The van der Waals surface area contributed by atoms with E-state index in [9.17, 15) is 9.59 Å². The number of hydrogen-bond donors (Lipinski definition) is 3. The maximum atomic E-state index is 10.9. The summed E-state index contributed by atoms with van der Waals surface area (Å²) in [6, 6.07) is -0.943. The SMILES string of the molecule is CC(O)C(=O)N[C@H](C(=O)O)C(C)C. The predicted molar refractivity (Wildman–Crippen MR) is 46.1 cm³/mol. The second kappa shape index (κ2) is 4.81. The Bertz CT molecular complexity index is 200. The Balaban J connectivity index is 4.27. The van der Waals surface area contributed by atoms with Gasteiger partial charge >= 0.3 is 5.97 Å². The van der Waals surface area contributed by atoms with Crippen molar-refractivity contribution in [2.75, 3.05) is 0 Å². The van der Waals surface area contributed by atoms with E-state index in [1.165, 1.54) is 6.92 Å². The van der Waals surface area contributed by atoms with Crippen molar-refractivity contribution in [1.82, 2.24) is 5.32 Å². The van der Waals surface area contributed by atoms with Crippen LogP contribution in [0.3, 0.4) is 0 Å². The molecule has 0 aliphatic rings. The fourth-order valence-corrected chi connectivity index (χ4v) is 0.787. The van der Waals surface area contributed by atoms with Crippen LogP contribution in [0.1, 0.15) is 20.8 Å². The van der Waals surface area contributed by atoms with Crippen molar-refractivity contribution < 1.29 is 19.8 Å². The van der Waals surface area contributed by atoms with Gasteiger partial charge in [0, 0.05) is 0 Å². The van der Waals surface area contributed by atoms with Gasteiger partial charge in [-0.15, -0.1) is 0 Å². The number of carbonyl (C=O) groups is 2. The molecule has 0 bridgehead atoms. The van der Waals surface area contributed by atoms with Crippen LogP contribution in [0.25, 0.3) is 0 Å². The molecule has 76 valence electrons. The molecule has 0 aliphatic heterocycles. The van der Waals surface area contributed by atoms with Crippen LogP contribution in [-0.2, 0) is 9.59 Å². The van der Waals surface area contributed by atoms with Gasteiger partial charge in [-0.1, -0.05) is 13.8 Å². The lowest BCUT2D eigenvalue weighted by atomic mass is 10.0. The third-order valence-electron chi connectivity index (χ3n) is 1.61. The summed E-state index contributed by atoms with van der Waals surface area (Å²) in [5.41, 5.74) is 0. The van der Waals surface area contributed by atoms with Gasteiger partial charge < -0.3 is 15.5 Å². The summed E-state index contributed by atoms with van der Waals surface area (Å²) in [6.45, 7) is 4.65. The lowest BCUT2D eigenvalue weighted by Gasteiger charge is -2.18. The van der Waals surface area contributed by atoms with Crippen molar-refractivity contribution in [3.63, 3.8) is 0 Å². The van der Waals surface area contributed by atoms with Crippen LogP contribution in [0.5, 0.6) is 0 Å². The van der Waals surface area contributed by atoms with E-state index in [1.807, 2.05) is 0 Å². The highest BCUT2D eigenvalue weighted by Gasteiger charge is 2.24. The zero-order valence-electron chi connectivity index (χ0n) is 7.94. The maximum Gasteiger partial charge on any atom is 0.326 e.